The highest BCUT2D eigenvalue weighted by atomic mass is 16.5. The van der Waals surface area contributed by atoms with Gasteiger partial charge in [0.05, 0.1) is 12.5 Å². The van der Waals surface area contributed by atoms with Gasteiger partial charge < -0.3 is 30.0 Å². The maximum Gasteiger partial charge on any atom is 0.260 e. The van der Waals surface area contributed by atoms with E-state index in [4.69, 9.17) is 9.47 Å². The van der Waals surface area contributed by atoms with E-state index in [0.717, 1.165) is 60.6 Å². The van der Waals surface area contributed by atoms with E-state index in [-0.39, 0.29) is 12.5 Å². The number of fused-ring (bicyclic) bond motifs is 4. The third-order valence-corrected chi connectivity index (χ3v) is 6.39. The average Bonchev–Trinajstić information content (AvgIpc) is 3.23. The molecule has 1 amide bonds. The molecule has 0 unspecified atom stereocenters. The minimum Gasteiger partial charge on any atom is -0.494 e. The highest BCUT2D eigenvalue weighted by molar-refractivity contribution is 5.92. The van der Waals surface area contributed by atoms with E-state index in [1.165, 1.54) is 0 Å². The number of anilines is 3. The molecule has 180 valence electrons. The van der Waals surface area contributed by atoms with Gasteiger partial charge in [0.25, 0.3) is 5.91 Å². The fourth-order valence-corrected chi connectivity index (χ4v) is 4.65. The van der Waals surface area contributed by atoms with Crippen LogP contribution in [0.4, 0.5) is 17.2 Å². The highest BCUT2D eigenvalue weighted by Crippen LogP contribution is 2.40. The Hall–Kier alpha value is -3.53. The standard InChI is InChI=1S/C24H31N7O3/c1-4-5-25-22-18(33-3)6-17-7-19(22)34-13-20(32)30(2)9-15-10-31(11-15)12-16-8-26-23-21(16)24(29-17)28-14-27-23/h6-8,14-15,25H,4-5,9-13H2,1-3H3,(H2,26,27,28,29). The molecule has 5 heterocycles. The van der Waals surface area contributed by atoms with Gasteiger partial charge in [-0.25, -0.2) is 9.97 Å². The molecular weight excluding hydrogens is 434 g/mol. The van der Waals surface area contributed by atoms with E-state index in [0.29, 0.717) is 29.8 Å². The first kappa shape index (κ1) is 22.3. The van der Waals surface area contributed by atoms with Gasteiger partial charge in [-0.1, -0.05) is 6.92 Å². The van der Waals surface area contributed by atoms with Crippen molar-refractivity contribution >= 4 is 34.1 Å². The minimum atomic E-state index is -0.0465. The van der Waals surface area contributed by atoms with Gasteiger partial charge in [0.1, 0.15) is 35.0 Å². The Bertz CT molecular complexity index is 1190. The fraction of sp³-hybridized carbons (Fsp3) is 0.458. The molecule has 0 spiro atoms. The number of nitrogens with one attached hydrogen (secondary N) is 3. The van der Waals surface area contributed by atoms with Crippen LogP contribution in [0.2, 0.25) is 0 Å². The van der Waals surface area contributed by atoms with Crippen LogP contribution in [-0.2, 0) is 11.3 Å². The largest absolute Gasteiger partial charge is 0.494 e. The Labute approximate surface area is 198 Å². The Morgan fingerprint density at radius 2 is 2.12 bits per heavy atom. The number of likely N-dealkylation sites (N-methyl/N-ethyl adjacent to an activating group) is 1. The lowest BCUT2D eigenvalue weighted by atomic mass is 9.98. The summed E-state index contributed by atoms with van der Waals surface area (Å²) in [6.07, 6.45) is 4.49. The normalized spacial score (nSPS) is 20.3. The Balaban J connectivity index is 1.57. The van der Waals surface area contributed by atoms with Crippen LogP contribution < -0.4 is 20.1 Å². The predicted molar refractivity (Wildman–Crippen MR) is 131 cm³/mol. The molecule has 3 aliphatic rings. The van der Waals surface area contributed by atoms with Crippen molar-refractivity contribution < 1.29 is 14.3 Å². The van der Waals surface area contributed by atoms with Crippen molar-refractivity contribution in [3.8, 4) is 11.5 Å². The maximum absolute atomic E-state index is 12.8. The smallest absolute Gasteiger partial charge is 0.260 e. The second-order valence-electron chi connectivity index (χ2n) is 8.99. The number of aromatic nitrogens is 3. The van der Waals surface area contributed by atoms with Crippen LogP contribution >= 0.6 is 0 Å². The topological polar surface area (TPSA) is 108 Å². The van der Waals surface area contributed by atoms with Crippen molar-refractivity contribution in [2.75, 3.05) is 57.6 Å². The lowest BCUT2D eigenvalue weighted by Crippen LogP contribution is -2.51. The van der Waals surface area contributed by atoms with E-state index in [1.807, 2.05) is 25.4 Å². The van der Waals surface area contributed by atoms with Crippen LogP contribution in [0, 0.1) is 5.92 Å². The molecule has 0 saturated carbocycles. The van der Waals surface area contributed by atoms with E-state index in [9.17, 15) is 4.79 Å². The summed E-state index contributed by atoms with van der Waals surface area (Å²) in [5, 5.41) is 7.78. The maximum atomic E-state index is 12.8. The monoisotopic (exact) mass is 465 g/mol. The third-order valence-electron chi connectivity index (χ3n) is 6.39. The summed E-state index contributed by atoms with van der Waals surface area (Å²) < 4.78 is 11.7. The van der Waals surface area contributed by atoms with Gasteiger partial charge in [0.15, 0.2) is 6.61 Å². The first-order valence-electron chi connectivity index (χ1n) is 11.7. The number of nitrogens with zero attached hydrogens (tertiary/aromatic N) is 4. The Kier molecular flexibility index (Phi) is 6.14. The van der Waals surface area contributed by atoms with E-state index < -0.39 is 0 Å². The molecule has 4 bridgehead atoms. The van der Waals surface area contributed by atoms with Crippen molar-refractivity contribution in [2.24, 2.45) is 5.92 Å². The number of carbonyl (C=O) groups excluding carboxylic acids is 1. The molecule has 3 aromatic rings. The lowest BCUT2D eigenvalue weighted by molar-refractivity contribution is -0.133. The summed E-state index contributed by atoms with van der Waals surface area (Å²) >= 11 is 0. The number of methoxy groups -OCH3 is 1. The summed E-state index contributed by atoms with van der Waals surface area (Å²) in [7, 11) is 3.47. The number of H-pyrrole nitrogens is 1. The number of benzene rings is 1. The van der Waals surface area contributed by atoms with Gasteiger partial charge in [-0.2, -0.15) is 0 Å². The first-order chi connectivity index (χ1) is 16.6. The van der Waals surface area contributed by atoms with Gasteiger partial charge in [0.2, 0.25) is 0 Å². The van der Waals surface area contributed by atoms with Crippen LogP contribution in [0.5, 0.6) is 11.5 Å². The van der Waals surface area contributed by atoms with Crippen LogP contribution in [0.15, 0.2) is 24.7 Å². The SMILES string of the molecule is CCCNc1c(OC)cc2cc1OCC(=O)N(C)CC1CN(Cc3c[nH]c4ncnc(c34)N2)C1. The molecule has 0 aliphatic carbocycles. The van der Waals surface area contributed by atoms with Crippen molar-refractivity contribution in [3.63, 3.8) is 0 Å². The van der Waals surface area contributed by atoms with Gasteiger partial charge >= 0.3 is 0 Å². The number of aromatic amines is 1. The molecule has 2 aromatic heterocycles. The zero-order valence-corrected chi connectivity index (χ0v) is 19.9. The van der Waals surface area contributed by atoms with E-state index in [2.05, 4.69) is 37.4 Å². The molecule has 1 fully saturated rings. The molecule has 10 nitrogen and oxygen atoms in total. The van der Waals surface area contributed by atoms with Gasteiger partial charge in [-0.15, -0.1) is 0 Å². The number of hydrogen-bond donors (Lipinski definition) is 3. The van der Waals surface area contributed by atoms with Crippen LogP contribution in [0.25, 0.3) is 11.0 Å². The van der Waals surface area contributed by atoms with Crippen molar-refractivity contribution in [1.82, 2.24) is 24.8 Å². The average molecular weight is 466 g/mol. The van der Waals surface area contributed by atoms with Crippen molar-refractivity contribution in [1.29, 1.82) is 0 Å². The molecule has 10 heteroatoms. The quantitative estimate of drug-likeness (QED) is 0.540. The van der Waals surface area contributed by atoms with E-state index >= 15 is 0 Å². The van der Waals surface area contributed by atoms with Crippen molar-refractivity contribution in [2.45, 2.75) is 19.9 Å². The van der Waals surface area contributed by atoms with E-state index in [1.54, 1.807) is 18.3 Å². The lowest BCUT2D eigenvalue weighted by Gasteiger charge is -2.41. The number of carbonyl (C=O) groups is 1. The zero-order chi connectivity index (χ0) is 23.7. The highest BCUT2D eigenvalue weighted by Gasteiger charge is 2.30. The molecular formula is C24H31N7O3. The van der Waals surface area contributed by atoms with Gasteiger partial charge in [0, 0.05) is 69.7 Å². The summed E-state index contributed by atoms with van der Waals surface area (Å²) in [5.41, 5.74) is 3.41. The summed E-state index contributed by atoms with van der Waals surface area (Å²) in [4.78, 5) is 29.2. The Morgan fingerprint density at radius 3 is 2.91 bits per heavy atom. The zero-order valence-electron chi connectivity index (χ0n) is 19.9. The number of rotatable bonds is 4. The second-order valence-corrected chi connectivity index (χ2v) is 8.99. The molecule has 6 rings (SSSR count). The second kappa shape index (κ2) is 9.38. The molecule has 34 heavy (non-hydrogen) atoms. The van der Waals surface area contributed by atoms with Crippen LogP contribution in [0.3, 0.4) is 0 Å². The third kappa shape index (κ3) is 4.33. The Morgan fingerprint density at radius 1 is 1.26 bits per heavy atom. The number of hydrogen-bond acceptors (Lipinski definition) is 8. The summed E-state index contributed by atoms with van der Waals surface area (Å²) in [5.74, 6) is 2.30. The summed E-state index contributed by atoms with van der Waals surface area (Å²) in [6.45, 7) is 6.21. The van der Waals surface area contributed by atoms with Crippen molar-refractivity contribution in [3.05, 3.63) is 30.2 Å². The van der Waals surface area contributed by atoms with Crippen LogP contribution in [-0.4, -0.2) is 77.6 Å². The number of amides is 1. The molecule has 1 aromatic carbocycles. The number of ether oxygens (including phenoxy) is 2. The molecule has 0 atom stereocenters. The molecule has 0 radical (unpaired) electrons. The summed E-state index contributed by atoms with van der Waals surface area (Å²) in [6, 6.07) is 3.78. The minimum absolute atomic E-state index is 0.0416. The first-order valence-corrected chi connectivity index (χ1v) is 11.7. The molecule has 3 N–H and O–H groups in total. The molecule has 1 saturated heterocycles. The van der Waals surface area contributed by atoms with Gasteiger partial charge in [-0.05, 0) is 12.0 Å². The molecule has 3 aliphatic heterocycles. The predicted octanol–water partition coefficient (Wildman–Crippen LogP) is 2.81. The van der Waals surface area contributed by atoms with Gasteiger partial charge in [-0.3, -0.25) is 9.69 Å². The van der Waals surface area contributed by atoms with Crippen LogP contribution in [0.1, 0.15) is 18.9 Å². The fourth-order valence-electron chi connectivity index (χ4n) is 4.65.